The first-order valence-corrected chi connectivity index (χ1v) is 5.14. The van der Waals surface area contributed by atoms with Crippen molar-refractivity contribution in [1.29, 1.82) is 0 Å². The number of amides is 1. The number of rotatable bonds is 6. The molecule has 0 bridgehead atoms. The maximum absolute atomic E-state index is 10.7. The summed E-state index contributed by atoms with van der Waals surface area (Å²) in [6, 6.07) is 0. The van der Waals surface area contributed by atoms with Crippen LogP contribution in [0.5, 0.6) is 0 Å². The normalized spacial score (nSPS) is 21.1. The van der Waals surface area contributed by atoms with E-state index in [9.17, 15) is 4.79 Å². The number of hydrogen-bond acceptors (Lipinski definition) is 4. The lowest BCUT2D eigenvalue weighted by Crippen LogP contribution is -2.31. The summed E-state index contributed by atoms with van der Waals surface area (Å²) in [7, 11) is 0. The molecule has 1 saturated heterocycles. The Labute approximate surface area is 84.3 Å². The first kappa shape index (κ1) is 11.4. The minimum atomic E-state index is -0.107. The highest BCUT2D eigenvalue weighted by Crippen LogP contribution is 2.10. The van der Waals surface area contributed by atoms with Crippen LogP contribution in [0.4, 0.5) is 0 Å². The number of nitrogens with two attached hydrogens (primary N) is 1. The van der Waals surface area contributed by atoms with Crippen LogP contribution >= 0.6 is 0 Å². The molecule has 1 aliphatic rings. The van der Waals surface area contributed by atoms with Crippen molar-refractivity contribution in [3.63, 3.8) is 0 Å². The molecule has 0 aromatic rings. The molecule has 4 N–H and O–H groups in total. The second kappa shape index (κ2) is 6.75. The van der Waals surface area contributed by atoms with Crippen LogP contribution in [0, 0.1) is 0 Å². The van der Waals surface area contributed by atoms with E-state index in [1.54, 1.807) is 0 Å². The summed E-state index contributed by atoms with van der Waals surface area (Å²) >= 11 is 0. The third kappa shape index (κ3) is 4.55. The Kier molecular flexibility index (Phi) is 5.51. The molecule has 5 heteroatoms. The number of carbonyl (C=O) groups is 1. The zero-order chi connectivity index (χ0) is 10.2. The third-order valence-corrected chi connectivity index (χ3v) is 2.31. The fourth-order valence-electron chi connectivity index (χ4n) is 1.51. The topological polar surface area (TPSA) is 76.4 Å². The van der Waals surface area contributed by atoms with Gasteiger partial charge in [0.2, 0.25) is 5.91 Å². The Morgan fingerprint density at radius 2 is 2.43 bits per heavy atom. The van der Waals surface area contributed by atoms with Crippen LogP contribution in [0.15, 0.2) is 0 Å². The van der Waals surface area contributed by atoms with Crippen LogP contribution in [0.25, 0.3) is 0 Å². The molecule has 0 aromatic carbocycles. The molecule has 1 aliphatic heterocycles. The second-order valence-corrected chi connectivity index (χ2v) is 3.51. The van der Waals surface area contributed by atoms with Crippen molar-refractivity contribution in [1.82, 2.24) is 10.7 Å². The molecule has 1 fully saturated rings. The van der Waals surface area contributed by atoms with E-state index in [-0.39, 0.29) is 5.91 Å². The van der Waals surface area contributed by atoms with Gasteiger partial charge in [-0.25, -0.2) is 5.84 Å². The van der Waals surface area contributed by atoms with Gasteiger partial charge in [-0.15, -0.1) is 0 Å². The Morgan fingerprint density at radius 3 is 3.07 bits per heavy atom. The van der Waals surface area contributed by atoms with Crippen molar-refractivity contribution < 1.29 is 9.53 Å². The average molecular weight is 201 g/mol. The fraction of sp³-hybridized carbons (Fsp3) is 0.889. The van der Waals surface area contributed by atoms with Crippen molar-refractivity contribution in [2.45, 2.75) is 31.8 Å². The summed E-state index contributed by atoms with van der Waals surface area (Å²) in [5.74, 6) is 4.84. The quantitative estimate of drug-likeness (QED) is 0.235. The van der Waals surface area contributed by atoms with E-state index in [2.05, 4.69) is 10.7 Å². The van der Waals surface area contributed by atoms with E-state index < -0.39 is 0 Å². The SMILES string of the molecule is NNC(=O)CCCNC[C@H]1CCCO1. The van der Waals surface area contributed by atoms with E-state index in [4.69, 9.17) is 10.6 Å². The first-order valence-electron chi connectivity index (χ1n) is 5.14. The summed E-state index contributed by atoms with van der Waals surface area (Å²) in [5.41, 5.74) is 2.11. The smallest absolute Gasteiger partial charge is 0.233 e. The lowest BCUT2D eigenvalue weighted by Gasteiger charge is -2.09. The summed E-state index contributed by atoms with van der Waals surface area (Å²) in [4.78, 5) is 10.7. The Hall–Kier alpha value is -0.650. The van der Waals surface area contributed by atoms with Crippen molar-refractivity contribution in [2.75, 3.05) is 19.7 Å². The number of carbonyl (C=O) groups excluding carboxylic acids is 1. The molecule has 1 heterocycles. The van der Waals surface area contributed by atoms with Crippen LogP contribution < -0.4 is 16.6 Å². The highest BCUT2D eigenvalue weighted by atomic mass is 16.5. The summed E-state index contributed by atoms with van der Waals surface area (Å²) in [6.07, 6.45) is 3.99. The molecule has 1 amide bonds. The maximum atomic E-state index is 10.7. The summed E-state index contributed by atoms with van der Waals surface area (Å²) in [6.45, 7) is 2.62. The van der Waals surface area contributed by atoms with E-state index in [1.807, 2.05) is 0 Å². The summed E-state index contributed by atoms with van der Waals surface area (Å²) in [5, 5.41) is 3.26. The molecule has 0 unspecified atom stereocenters. The molecular formula is C9H19N3O2. The van der Waals surface area contributed by atoms with Crippen molar-refractivity contribution >= 4 is 5.91 Å². The largest absolute Gasteiger partial charge is 0.377 e. The van der Waals surface area contributed by atoms with E-state index in [0.29, 0.717) is 12.5 Å². The minimum Gasteiger partial charge on any atom is -0.377 e. The lowest BCUT2D eigenvalue weighted by atomic mass is 10.2. The predicted octanol–water partition coefficient (Wildman–Crippen LogP) is -0.475. The average Bonchev–Trinajstić information content (AvgIpc) is 2.69. The fourth-order valence-corrected chi connectivity index (χ4v) is 1.51. The number of ether oxygens (including phenoxy) is 1. The summed E-state index contributed by atoms with van der Waals surface area (Å²) < 4.78 is 5.44. The van der Waals surface area contributed by atoms with Crippen molar-refractivity contribution in [2.24, 2.45) is 5.84 Å². The van der Waals surface area contributed by atoms with Crippen LogP contribution in [-0.2, 0) is 9.53 Å². The molecule has 0 aromatic heterocycles. The monoisotopic (exact) mass is 201 g/mol. The molecule has 0 saturated carbocycles. The third-order valence-electron chi connectivity index (χ3n) is 2.31. The number of hydrazine groups is 1. The van der Waals surface area contributed by atoms with Crippen molar-refractivity contribution in [3.05, 3.63) is 0 Å². The zero-order valence-corrected chi connectivity index (χ0v) is 8.42. The van der Waals surface area contributed by atoms with E-state index >= 15 is 0 Å². The van der Waals surface area contributed by atoms with Gasteiger partial charge in [-0.05, 0) is 25.8 Å². The Morgan fingerprint density at radius 1 is 1.57 bits per heavy atom. The molecular weight excluding hydrogens is 182 g/mol. The Balaban J connectivity index is 1.86. The van der Waals surface area contributed by atoms with E-state index in [0.717, 1.165) is 32.5 Å². The number of nitrogens with one attached hydrogen (secondary N) is 2. The van der Waals surface area contributed by atoms with Crippen molar-refractivity contribution in [3.8, 4) is 0 Å². The van der Waals surface area contributed by atoms with Gasteiger partial charge >= 0.3 is 0 Å². The maximum Gasteiger partial charge on any atom is 0.233 e. The molecule has 0 spiro atoms. The molecule has 0 radical (unpaired) electrons. The van der Waals surface area contributed by atoms with Gasteiger partial charge in [-0.3, -0.25) is 10.2 Å². The van der Waals surface area contributed by atoms with Gasteiger partial charge in [0.05, 0.1) is 6.10 Å². The minimum absolute atomic E-state index is 0.107. The van der Waals surface area contributed by atoms with Crippen LogP contribution in [-0.4, -0.2) is 31.7 Å². The van der Waals surface area contributed by atoms with Crippen LogP contribution in [0.2, 0.25) is 0 Å². The molecule has 1 rings (SSSR count). The van der Waals surface area contributed by atoms with Crippen LogP contribution in [0.3, 0.4) is 0 Å². The molecule has 82 valence electrons. The van der Waals surface area contributed by atoms with Gasteiger partial charge in [0.15, 0.2) is 0 Å². The van der Waals surface area contributed by atoms with Crippen LogP contribution in [0.1, 0.15) is 25.7 Å². The standard InChI is InChI=1S/C9H19N3O2/c10-12-9(13)4-1-5-11-7-8-3-2-6-14-8/h8,11H,1-7,10H2,(H,12,13)/t8-/m1/s1. The highest BCUT2D eigenvalue weighted by Gasteiger charge is 2.14. The zero-order valence-electron chi connectivity index (χ0n) is 8.42. The van der Waals surface area contributed by atoms with E-state index in [1.165, 1.54) is 6.42 Å². The number of hydrogen-bond donors (Lipinski definition) is 3. The van der Waals surface area contributed by atoms with Gasteiger partial charge in [-0.2, -0.15) is 0 Å². The molecule has 0 aliphatic carbocycles. The lowest BCUT2D eigenvalue weighted by molar-refractivity contribution is -0.121. The molecule has 14 heavy (non-hydrogen) atoms. The second-order valence-electron chi connectivity index (χ2n) is 3.51. The first-order chi connectivity index (χ1) is 6.83. The highest BCUT2D eigenvalue weighted by molar-refractivity contribution is 5.75. The van der Waals surface area contributed by atoms with Gasteiger partial charge in [0, 0.05) is 19.6 Å². The van der Waals surface area contributed by atoms with Gasteiger partial charge < -0.3 is 10.1 Å². The molecule has 5 nitrogen and oxygen atoms in total. The molecule has 1 atom stereocenters. The predicted molar refractivity (Wildman–Crippen MR) is 53.4 cm³/mol. The van der Waals surface area contributed by atoms with Gasteiger partial charge in [-0.1, -0.05) is 0 Å². The Bertz CT molecular complexity index is 169. The van der Waals surface area contributed by atoms with Gasteiger partial charge in [0.1, 0.15) is 0 Å². The van der Waals surface area contributed by atoms with Gasteiger partial charge in [0.25, 0.3) is 0 Å².